The number of hydrogen-bond donors (Lipinski definition) is 6. The molecule has 0 aliphatic heterocycles. The topological polar surface area (TPSA) is 151 Å². The highest BCUT2D eigenvalue weighted by molar-refractivity contribution is 7.80. The summed E-state index contributed by atoms with van der Waals surface area (Å²) >= 11 is 3.99. The number of thiol groups is 1. The third kappa shape index (κ3) is 9.34. The lowest BCUT2D eigenvalue weighted by Crippen LogP contribution is -2.60. The zero-order valence-corrected chi connectivity index (χ0v) is 19.7. The molecular formula is C20H38N4O5S. The number of carbonyl (C=O) groups is 4. The molecule has 0 spiro atoms. The predicted molar refractivity (Wildman–Crippen MR) is 119 cm³/mol. The maximum absolute atomic E-state index is 12.9. The van der Waals surface area contributed by atoms with Crippen molar-refractivity contribution in [2.45, 2.75) is 78.6 Å². The molecule has 0 aromatic rings. The van der Waals surface area contributed by atoms with Crippen LogP contribution >= 0.6 is 12.6 Å². The molecule has 3 amide bonds. The molecular weight excluding hydrogens is 408 g/mol. The van der Waals surface area contributed by atoms with Gasteiger partial charge in [0.2, 0.25) is 17.7 Å². The summed E-state index contributed by atoms with van der Waals surface area (Å²) in [6, 6.07) is -3.74. The molecule has 5 atom stereocenters. The van der Waals surface area contributed by atoms with Crippen molar-refractivity contribution in [3.05, 3.63) is 0 Å². The van der Waals surface area contributed by atoms with E-state index in [1.54, 1.807) is 20.8 Å². The van der Waals surface area contributed by atoms with Crippen molar-refractivity contribution in [3.8, 4) is 0 Å². The number of aliphatic carboxylic acids is 1. The standard InChI is InChI=1S/C20H38N4O5S/c1-7-12(6)16(19(27)22-14(20(28)29)8-10(2)3)24-18(26)15(11(4)5)23-17(25)13(21)9-30/h10-16,30H,7-9,21H2,1-6H3,(H,22,27)(H,23,25)(H,24,26)(H,28,29)/t12-,13-,14-,15-,16-/m0/s1. The molecule has 0 heterocycles. The summed E-state index contributed by atoms with van der Waals surface area (Å²) in [6.45, 7) is 10.9. The Bertz CT molecular complexity index is 600. The van der Waals surface area contributed by atoms with Gasteiger partial charge in [0.1, 0.15) is 18.1 Å². The first-order valence-corrected chi connectivity index (χ1v) is 11.0. The van der Waals surface area contributed by atoms with E-state index in [2.05, 4.69) is 28.6 Å². The average molecular weight is 447 g/mol. The van der Waals surface area contributed by atoms with Gasteiger partial charge in [0.25, 0.3) is 0 Å². The summed E-state index contributed by atoms with van der Waals surface area (Å²) in [5.74, 6) is -3.03. The number of carboxylic acid groups (broad SMARTS) is 1. The van der Waals surface area contributed by atoms with Crippen LogP contribution in [0.15, 0.2) is 0 Å². The Morgan fingerprint density at radius 1 is 0.900 bits per heavy atom. The lowest BCUT2D eigenvalue weighted by atomic mass is 9.95. The molecule has 0 saturated heterocycles. The molecule has 30 heavy (non-hydrogen) atoms. The molecule has 0 aliphatic carbocycles. The van der Waals surface area contributed by atoms with Crippen molar-refractivity contribution in [2.75, 3.05) is 5.75 Å². The minimum atomic E-state index is -1.13. The Labute approximate surface area is 184 Å². The molecule has 6 N–H and O–H groups in total. The van der Waals surface area contributed by atoms with Crippen molar-refractivity contribution >= 4 is 36.3 Å². The van der Waals surface area contributed by atoms with Gasteiger partial charge >= 0.3 is 5.97 Å². The zero-order chi connectivity index (χ0) is 23.6. The second-order valence-corrected chi connectivity index (χ2v) is 8.79. The van der Waals surface area contributed by atoms with Gasteiger partial charge in [-0.1, -0.05) is 48.0 Å². The van der Waals surface area contributed by atoms with Crippen LogP contribution in [-0.2, 0) is 19.2 Å². The summed E-state index contributed by atoms with van der Waals surface area (Å²) < 4.78 is 0. The molecule has 0 fully saturated rings. The van der Waals surface area contributed by atoms with E-state index in [4.69, 9.17) is 5.73 Å². The molecule has 0 bridgehead atoms. The van der Waals surface area contributed by atoms with Gasteiger partial charge in [-0.2, -0.15) is 12.6 Å². The third-order valence-corrected chi connectivity index (χ3v) is 5.29. The highest BCUT2D eigenvalue weighted by Gasteiger charge is 2.33. The summed E-state index contributed by atoms with van der Waals surface area (Å²) in [7, 11) is 0. The molecule has 0 aromatic heterocycles. The average Bonchev–Trinajstić information content (AvgIpc) is 2.66. The number of hydrogen-bond acceptors (Lipinski definition) is 6. The van der Waals surface area contributed by atoms with Gasteiger partial charge in [-0.25, -0.2) is 4.79 Å². The van der Waals surface area contributed by atoms with Crippen molar-refractivity contribution in [2.24, 2.45) is 23.5 Å². The van der Waals surface area contributed by atoms with Crippen LogP contribution < -0.4 is 21.7 Å². The number of carboxylic acids is 1. The maximum Gasteiger partial charge on any atom is 0.326 e. The van der Waals surface area contributed by atoms with E-state index in [0.717, 1.165) is 0 Å². The minimum Gasteiger partial charge on any atom is -0.480 e. The number of carbonyl (C=O) groups excluding carboxylic acids is 3. The largest absolute Gasteiger partial charge is 0.480 e. The predicted octanol–water partition coefficient (Wildman–Crippen LogP) is 0.531. The molecule has 0 rings (SSSR count). The Hall–Kier alpha value is -1.81. The van der Waals surface area contributed by atoms with Gasteiger partial charge in [0.15, 0.2) is 0 Å². The Kier molecular flexibility index (Phi) is 12.7. The van der Waals surface area contributed by atoms with Gasteiger partial charge in [-0.05, 0) is 24.2 Å². The Balaban J connectivity index is 5.46. The van der Waals surface area contributed by atoms with Crippen molar-refractivity contribution in [3.63, 3.8) is 0 Å². The van der Waals surface area contributed by atoms with Crippen LogP contribution in [0.25, 0.3) is 0 Å². The highest BCUT2D eigenvalue weighted by atomic mass is 32.1. The van der Waals surface area contributed by atoms with Gasteiger partial charge in [0, 0.05) is 5.75 Å². The minimum absolute atomic E-state index is 0.0691. The van der Waals surface area contributed by atoms with E-state index >= 15 is 0 Å². The first kappa shape index (κ1) is 28.2. The van der Waals surface area contributed by atoms with E-state index in [1.807, 2.05) is 20.8 Å². The normalized spacial score (nSPS) is 16.3. The fourth-order valence-corrected chi connectivity index (χ4v) is 2.94. The number of nitrogens with two attached hydrogens (primary N) is 1. The lowest BCUT2D eigenvalue weighted by molar-refractivity contribution is -0.143. The van der Waals surface area contributed by atoms with E-state index in [-0.39, 0.29) is 29.9 Å². The summed E-state index contributed by atoms with van der Waals surface area (Å²) in [4.78, 5) is 49.3. The third-order valence-electron chi connectivity index (χ3n) is 4.90. The highest BCUT2D eigenvalue weighted by Crippen LogP contribution is 2.12. The quantitative estimate of drug-likeness (QED) is 0.227. The molecule has 9 nitrogen and oxygen atoms in total. The van der Waals surface area contributed by atoms with Gasteiger partial charge in [-0.3, -0.25) is 14.4 Å². The van der Waals surface area contributed by atoms with Crippen LogP contribution in [0.1, 0.15) is 54.4 Å². The van der Waals surface area contributed by atoms with Gasteiger partial charge < -0.3 is 26.8 Å². The molecule has 0 radical (unpaired) electrons. The molecule has 0 unspecified atom stereocenters. The second-order valence-electron chi connectivity index (χ2n) is 8.42. The fourth-order valence-electron chi connectivity index (χ4n) is 2.78. The smallest absolute Gasteiger partial charge is 0.326 e. The van der Waals surface area contributed by atoms with E-state index in [1.165, 1.54) is 0 Å². The van der Waals surface area contributed by atoms with Crippen LogP contribution in [-0.4, -0.2) is 58.7 Å². The maximum atomic E-state index is 12.9. The molecule has 0 aliphatic rings. The number of rotatable bonds is 13. The van der Waals surface area contributed by atoms with E-state index in [9.17, 15) is 24.3 Å². The second kappa shape index (κ2) is 13.5. The van der Waals surface area contributed by atoms with Crippen LogP contribution in [0, 0.1) is 17.8 Å². The van der Waals surface area contributed by atoms with Gasteiger partial charge in [0.05, 0.1) is 6.04 Å². The van der Waals surface area contributed by atoms with E-state index in [0.29, 0.717) is 6.42 Å². The molecule has 0 aromatic carbocycles. The van der Waals surface area contributed by atoms with Crippen LogP contribution in [0.5, 0.6) is 0 Å². The first-order valence-electron chi connectivity index (χ1n) is 10.4. The number of nitrogens with one attached hydrogen (secondary N) is 3. The zero-order valence-electron chi connectivity index (χ0n) is 18.8. The summed E-state index contributed by atoms with van der Waals surface area (Å²) in [5.41, 5.74) is 5.67. The monoisotopic (exact) mass is 446 g/mol. The Morgan fingerprint density at radius 2 is 1.40 bits per heavy atom. The van der Waals surface area contributed by atoms with Crippen LogP contribution in [0.4, 0.5) is 0 Å². The lowest BCUT2D eigenvalue weighted by Gasteiger charge is -2.29. The fraction of sp³-hybridized carbons (Fsp3) is 0.800. The first-order chi connectivity index (χ1) is 13.8. The van der Waals surface area contributed by atoms with E-state index < -0.39 is 47.9 Å². The van der Waals surface area contributed by atoms with Crippen molar-refractivity contribution in [1.29, 1.82) is 0 Å². The summed E-state index contributed by atoms with van der Waals surface area (Å²) in [6.07, 6.45) is 0.859. The van der Waals surface area contributed by atoms with Gasteiger partial charge in [-0.15, -0.1) is 0 Å². The summed E-state index contributed by atoms with van der Waals surface area (Å²) in [5, 5.41) is 17.2. The SMILES string of the molecule is CC[C@H](C)[C@H](NC(=O)[C@@H](NC(=O)[C@@H](N)CS)C(C)C)C(=O)N[C@@H](CC(C)C)C(=O)O. The van der Waals surface area contributed by atoms with Crippen molar-refractivity contribution < 1.29 is 24.3 Å². The molecule has 0 saturated carbocycles. The van der Waals surface area contributed by atoms with Crippen LogP contribution in [0.2, 0.25) is 0 Å². The Morgan fingerprint density at radius 3 is 1.80 bits per heavy atom. The van der Waals surface area contributed by atoms with Crippen LogP contribution in [0.3, 0.4) is 0 Å². The number of amides is 3. The van der Waals surface area contributed by atoms with Crippen molar-refractivity contribution in [1.82, 2.24) is 16.0 Å². The molecule has 10 heteroatoms. The molecule has 174 valence electrons.